The molecule has 0 saturated heterocycles. The van der Waals surface area contributed by atoms with Crippen LogP contribution in [0.1, 0.15) is 17.0 Å². The van der Waals surface area contributed by atoms with Gasteiger partial charge in [0.2, 0.25) is 10.0 Å². The van der Waals surface area contributed by atoms with Crippen LogP contribution in [0, 0.1) is 0 Å². The van der Waals surface area contributed by atoms with Gasteiger partial charge in [-0.05, 0) is 23.3 Å². The Balaban J connectivity index is 1.62. The van der Waals surface area contributed by atoms with Crippen LogP contribution >= 0.6 is 23.2 Å². The molecule has 0 aliphatic heterocycles. The van der Waals surface area contributed by atoms with Crippen LogP contribution in [0.3, 0.4) is 0 Å². The zero-order valence-corrected chi connectivity index (χ0v) is 23.0. The fraction of sp³-hybridized carbons (Fsp3) is 0.174. The number of anilines is 1. The molecule has 0 saturated carbocycles. The van der Waals surface area contributed by atoms with Gasteiger partial charge in [-0.15, -0.1) is 5.10 Å². The Morgan fingerprint density at radius 2 is 1.72 bits per heavy atom. The van der Waals surface area contributed by atoms with E-state index in [1.165, 1.54) is 27.8 Å². The van der Waals surface area contributed by atoms with Crippen LogP contribution in [0.15, 0.2) is 58.7 Å². The number of nitrogens with one attached hydrogen (secondary N) is 2. The summed E-state index contributed by atoms with van der Waals surface area (Å²) in [6.07, 6.45) is 3.43. The second-order valence-corrected chi connectivity index (χ2v) is 10.8. The third kappa shape index (κ3) is 5.06. The predicted octanol–water partition coefficient (Wildman–Crippen LogP) is 1.98. The number of aromatic nitrogens is 7. The summed E-state index contributed by atoms with van der Waals surface area (Å²) in [5, 5.41) is 16.8. The van der Waals surface area contributed by atoms with Crippen LogP contribution in [-0.2, 0) is 23.0 Å². The number of halogens is 2. The molecule has 0 spiro atoms. The van der Waals surface area contributed by atoms with Crippen LogP contribution in [0.5, 0.6) is 0 Å². The quantitative estimate of drug-likeness (QED) is 0.245. The average Bonchev–Trinajstić information content (AvgIpc) is 3.52. The SMILES string of the molecule is CNc1nn(-c2c(Cl)cc(S(N)(=O)=O)cc2Cl)c2nc(Cc3ccc(Cn4cncn4)cc3)n(NC)c(=O)c12. The summed E-state index contributed by atoms with van der Waals surface area (Å²) in [6.45, 7) is 0.573. The lowest BCUT2D eigenvalue weighted by Crippen LogP contribution is -2.31. The van der Waals surface area contributed by atoms with Gasteiger partial charge in [0.15, 0.2) is 11.5 Å². The summed E-state index contributed by atoms with van der Waals surface area (Å²) >= 11 is 12.9. The molecule has 0 atom stereocenters. The minimum atomic E-state index is -4.06. The number of benzene rings is 2. The van der Waals surface area contributed by atoms with Crippen molar-refractivity contribution in [3.63, 3.8) is 0 Å². The average molecular weight is 589 g/mol. The number of hydrogen-bond donors (Lipinski definition) is 3. The van der Waals surface area contributed by atoms with Crippen LogP contribution in [0.2, 0.25) is 10.0 Å². The van der Waals surface area contributed by atoms with Crippen LogP contribution < -0.4 is 21.4 Å². The first kappa shape index (κ1) is 26.6. The predicted molar refractivity (Wildman–Crippen MR) is 148 cm³/mol. The van der Waals surface area contributed by atoms with E-state index in [1.807, 2.05) is 24.3 Å². The van der Waals surface area contributed by atoms with Gasteiger partial charge in [-0.2, -0.15) is 5.10 Å². The Labute approximate surface area is 232 Å². The summed E-state index contributed by atoms with van der Waals surface area (Å²) in [7, 11) is -0.837. The highest BCUT2D eigenvalue weighted by Crippen LogP contribution is 2.34. The lowest BCUT2D eigenvalue weighted by atomic mass is 10.1. The molecule has 0 unspecified atom stereocenters. The molecule has 202 valence electrons. The van der Waals surface area contributed by atoms with Gasteiger partial charge in [0.25, 0.3) is 5.56 Å². The Morgan fingerprint density at radius 1 is 1.05 bits per heavy atom. The van der Waals surface area contributed by atoms with Gasteiger partial charge < -0.3 is 10.7 Å². The zero-order valence-electron chi connectivity index (χ0n) is 20.6. The number of hydrogen-bond acceptors (Lipinski definition) is 9. The highest BCUT2D eigenvalue weighted by molar-refractivity contribution is 7.89. The van der Waals surface area contributed by atoms with E-state index in [4.69, 9.17) is 33.3 Å². The number of fused-ring (bicyclic) bond motifs is 1. The summed E-state index contributed by atoms with van der Waals surface area (Å²) in [5.41, 5.74) is 4.75. The highest BCUT2D eigenvalue weighted by atomic mass is 35.5. The molecule has 3 heterocycles. The lowest BCUT2D eigenvalue weighted by Gasteiger charge is -2.14. The molecule has 0 aliphatic rings. The van der Waals surface area contributed by atoms with Crippen molar-refractivity contribution in [1.29, 1.82) is 0 Å². The Hall–Kier alpha value is -3.98. The number of rotatable bonds is 8. The molecule has 0 bridgehead atoms. The van der Waals surface area contributed by atoms with Gasteiger partial charge in [-0.1, -0.05) is 47.5 Å². The second kappa shape index (κ2) is 10.3. The Morgan fingerprint density at radius 3 is 2.28 bits per heavy atom. The molecule has 5 aromatic rings. The molecular formula is C23H22Cl2N10O3S. The van der Waals surface area contributed by atoms with E-state index in [2.05, 4.69) is 25.9 Å². The van der Waals surface area contributed by atoms with Crippen LogP contribution in [0.25, 0.3) is 16.7 Å². The first-order valence-electron chi connectivity index (χ1n) is 11.4. The van der Waals surface area contributed by atoms with Gasteiger partial charge in [0, 0.05) is 20.5 Å². The zero-order chi connectivity index (χ0) is 27.9. The van der Waals surface area contributed by atoms with Gasteiger partial charge >= 0.3 is 0 Å². The van der Waals surface area contributed by atoms with E-state index >= 15 is 0 Å². The van der Waals surface area contributed by atoms with Crippen molar-refractivity contribution < 1.29 is 8.42 Å². The molecule has 0 amide bonds. The molecule has 0 aliphatic carbocycles. The summed E-state index contributed by atoms with van der Waals surface area (Å²) in [4.78, 5) is 22.0. The van der Waals surface area contributed by atoms with Gasteiger partial charge in [0.1, 0.15) is 29.6 Å². The van der Waals surface area contributed by atoms with Gasteiger partial charge in [0.05, 0.1) is 21.5 Å². The number of sulfonamides is 1. The topological polar surface area (TPSA) is 168 Å². The highest BCUT2D eigenvalue weighted by Gasteiger charge is 2.24. The van der Waals surface area contributed by atoms with E-state index in [0.717, 1.165) is 11.1 Å². The molecule has 16 heteroatoms. The van der Waals surface area contributed by atoms with Crippen molar-refractivity contribution in [2.24, 2.45) is 5.14 Å². The fourth-order valence-corrected chi connectivity index (χ4v) is 5.49. The molecule has 4 N–H and O–H groups in total. The second-order valence-electron chi connectivity index (χ2n) is 8.47. The minimum Gasteiger partial charge on any atom is -0.371 e. The standard InChI is InChI=1S/C23H22Cl2N10O3S/c1-27-21-19-22(35(32-21)20-16(24)8-15(9-17(20)25)39(26,37)38)31-18(34(28-2)23(19)36)7-13-3-5-14(6-4-13)10-33-12-29-11-30-33/h3-6,8-9,11-12,28H,7,10H2,1-2H3,(H,27,32)(H2,26,37,38). The number of nitrogens with zero attached hydrogens (tertiary/aromatic N) is 7. The van der Waals surface area contributed by atoms with Crippen molar-refractivity contribution in [1.82, 2.24) is 34.2 Å². The molecule has 5 rings (SSSR count). The summed E-state index contributed by atoms with van der Waals surface area (Å²) < 4.78 is 28.0. The number of primary sulfonamides is 1. The maximum atomic E-state index is 13.6. The molecule has 39 heavy (non-hydrogen) atoms. The normalized spacial score (nSPS) is 11.7. The number of nitrogens with two attached hydrogens (primary N) is 1. The molecule has 3 aromatic heterocycles. The third-order valence-corrected chi connectivity index (χ3v) is 7.43. The van der Waals surface area contributed by atoms with E-state index in [1.54, 1.807) is 25.1 Å². The van der Waals surface area contributed by atoms with Crippen molar-refractivity contribution >= 4 is 50.1 Å². The van der Waals surface area contributed by atoms with Crippen LogP contribution in [0.4, 0.5) is 5.82 Å². The fourth-order valence-electron chi connectivity index (χ4n) is 4.15. The molecular weight excluding hydrogens is 567 g/mol. The lowest BCUT2D eigenvalue weighted by molar-refractivity contribution is 0.598. The minimum absolute atomic E-state index is 0.0392. The van der Waals surface area contributed by atoms with E-state index in [0.29, 0.717) is 18.8 Å². The molecule has 0 radical (unpaired) electrons. The van der Waals surface area contributed by atoms with Crippen molar-refractivity contribution in [2.75, 3.05) is 24.8 Å². The summed E-state index contributed by atoms with van der Waals surface area (Å²) in [6, 6.07) is 10.2. The third-order valence-electron chi connectivity index (χ3n) is 5.96. The van der Waals surface area contributed by atoms with Gasteiger partial charge in [-0.3, -0.25) is 4.79 Å². The smallest absolute Gasteiger partial charge is 0.285 e. The van der Waals surface area contributed by atoms with Gasteiger partial charge in [-0.25, -0.2) is 37.6 Å². The van der Waals surface area contributed by atoms with Crippen molar-refractivity contribution in [2.45, 2.75) is 17.9 Å². The maximum Gasteiger partial charge on any atom is 0.285 e. The van der Waals surface area contributed by atoms with E-state index in [9.17, 15) is 13.2 Å². The van der Waals surface area contributed by atoms with E-state index in [-0.39, 0.29) is 37.5 Å². The van der Waals surface area contributed by atoms with Crippen molar-refractivity contribution in [3.05, 3.63) is 86.4 Å². The monoisotopic (exact) mass is 588 g/mol. The Kier molecular flexibility index (Phi) is 7.03. The largest absolute Gasteiger partial charge is 0.371 e. The molecule has 2 aromatic carbocycles. The first-order chi connectivity index (χ1) is 18.6. The van der Waals surface area contributed by atoms with E-state index < -0.39 is 15.6 Å². The first-order valence-corrected chi connectivity index (χ1v) is 13.7. The van der Waals surface area contributed by atoms with Crippen LogP contribution in [-0.4, -0.2) is 56.7 Å². The maximum absolute atomic E-state index is 13.6. The Bertz CT molecular complexity index is 1830. The summed E-state index contributed by atoms with van der Waals surface area (Å²) in [5.74, 6) is 0.634. The molecule has 13 nitrogen and oxygen atoms in total. The molecule has 0 fully saturated rings. The van der Waals surface area contributed by atoms with Crippen molar-refractivity contribution in [3.8, 4) is 5.69 Å².